The van der Waals surface area contributed by atoms with Crippen LogP contribution in [0.15, 0.2) is 18.3 Å². The highest BCUT2D eigenvalue weighted by atomic mass is 15.1. The number of anilines is 1. The minimum absolute atomic E-state index is 0.210. The van der Waals surface area contributed by atoms with Gasteiger partial charge in [0.2, 0.25) is 0 Å². The van der Waals surface area contributed by atoms with Gasteiger partial charge < -0.3 is 16.0 Å². The van der Waals surface area contributed by atoms with Gasteiger partial charge in [-0.1, -0.05) is 0 Å². The van der Waals surface area contributed by atoms with Crippen LogP contribution in [0.25, 0.3) is 0 Å². The molecule has 1 saturated heterocycles. The zero-order valence-electron chi connectivity index (χ0n) is 11.6. The van der Waals surface area contributed by atoms with Gasteiger partial charge in [-0.3, -0.25) is 0 Å². The summed E-state index contributed by atoms with van der Waals surface area (Å²) in [6.45, 7) is 9.57. The van der Waals surface area contributed by atoms with Crippen molar-refractivity contribution in [2.24, 2.45) is 0 Å². The lowest BCUT2D eigenvalue weighted by Crippen LogP contribution is -2.49. The summed E-state index contributed by atoms with van der Waals surface area (Å²) in [6, 6.07) is 4.64. The first-order valence-corrected chi connectivity index (χ1v) is 6.73. The van der Waals surface area contributed by atoms with Crippen LogP contribution in [0.2, 0.25) is 0 Å². The highest BCUT2D eigenvalue weighted by Crippen LogP contribution is 2.17. The number of hydrogen-bond donors (Lipinski definition) is 3. The van der Waals surface area contributed by atoms with E-state index in [1.807, 2.05) is 12.3 Å². The van der Waals surface area contributed by atoms with E-state index in [0.717, 1.165) is 25.5 Å². The van der Waals surface area contributed by atoms with E-state index in [9.17, 15) is 0 Å². The maximum absolute atomic E-state index is 4.29. The van der Waals surface area contributed by atoms with Crippen molar-refractivity contribution in [3.05, 3.63) is 23.9 Å². The van der Waals surface area contributed by atoms with E-state index in [4.69, 9.17) is 0 Å². The Morgan fingerprint density at radius 1 is 1.44 bits per heavy atom. The fourth-order valence-corrected chi connectivity index (χ4v) is 2.45. The average Bonchev–Trinajstić information content (AvgIpc) is 2.64. The molecule has 0 bridgehead atoms. The number of nitrogens with one attached hydrogen (secondary N) is 3. The fourth-order valence-electron chi connectivity index (χ4n) is 2.45. The van der Waals surface area contributed by atoms with Crippen LogP contribution >= 0.6 is 0 Å². The molecule has 0 saturated carbocycles. The smallest absolute Gasteiger partial charge is 0.126 e. The van der Waals surface area contributed by atoms with Gasteiger partial charge in [-0.05, 0) is 51.4 Å². The van der Waals surface area contributed by atoms with Crippen LogP contribution in [0.5, 0.6) is 0 Å². The summed E-state index contributed by atoms with van der Waals surface area (Å²) < 4.78 is 0. The van der Waals surface area contributed by atoms with Gasteiger partial charge >= 0.3 is 0 Å². The average molecular weight is 248 g/mol. The van der Waals surface area contributed by atoms with E-state index in [2.05, 4.69) is 47.8 Å². The van der Waals surface area contributed by atoms with Crippen molar-refractivity contribution >= 4 is 5.82 Å². The number of nitrogens with zero attached hydrogens (tertiary/aromatic N) is 1. The molecule has 4 heteroatoms. The lowest BCUT2D eigenvalue weighted by molar-refractivity contribution is 0.355. The van der Waals surface area contributed by atoms with Crippen molar-refractivity contribution in [1.29, 1.82) is 0 Å². The summed E-state index contributed by atoms with van der Waals surface area (Å²) in [5, 5.41) is 10.5. The molecule has 3 N–H and O–H groups in total. The van der Waals surface area contributed by atoms with Crippen LogP contribution in [-0.2, 0) is 0 Å². The standard InChI is InChI=1S/C14H24N4/c1-11-4-6-16-13(10-11)17-9-8-15-12-5-7-18-14(12,2)3/h4,6,10,12,15,18H,5,7-9H2,1-3H3,(H,16,17)/t12-/m1/s1. The molecule has 1 atom stereocenters. The third-order valence-electron chi connectivity index (χ3n) is 3.62. The Morgan fingerprint density at radius 3 is 2.94 bits per heavy atom. The van der Waals surface area contributed by atoms with Crippen molar-refractivity contribution in [2.75, 3.05) is 25.0 Å². The molecule has 1 aromatic rings. The molecule has 0 spiro atoms. The van der Waals surface area contributed by atoms with Gasteiger partial charge in [0.25, 0.3) is 0 Å². The third-order valence-corrected chi connectivity index (χ3v) is 3.62. The molecule has 2 heterocycles. The Bertz CT molecular complexity index is 389. The molecule has 0 radical (unpaired) electrons. The van der Waals surface area contributed by atoms with Crippen LogP contribution in [0, 0.1) is 6.92 Å². The minimum Gasteiger partial charge on any atom is -0.369 e. The third kappa shape index (κ3) is 3.43. The molecule has 0 amide bonds. The molecule has 0 unspecified atom stereocenters. The summed E-state index contributed by atoms with van der Waals surface area (Å²) in [5.41, 5.74) is 1.45. The van der Waals surface area contributed by atoms with E-state index < -0.39 is 0 Å². The monoisotopic (exact) mass is 248 g/mol. The van der Waals surface area contributed by atoms with E-state index >= 15 is 0 Å². The predicted molar refractivity (Wildman–Crippen MR) is 76.0 cm³/mol. The van der Waals surface area contributed by atoms with Crippen LogP contribution in [0.3, 0.4) is 0 Å². The van der Waals surface area contributed by atoms with Gasteiger partial charge in [-0.15, -0.1) is 0 Å². The Morgan fingerprint density at radius 2 is 2.28 bits per heavy atom. The first-order valence-electron chi connectivity index (χ1n) is 6.73. The Labute approximate surface area is 110 Å². The SMILES string of the molecule is Cc1ccnc(NCCN[C@@H]2CCNC2(C)C)c1. The molecular formula is C14H24N4. The molecule has 1 aliphatic heterocycles. The quantitative estimate of drug-likeness (QED) is 0.692. The minimum atomic E-state index is 0.210. The van der Waals surface area contributed by atoms with E-state index in [0.29, 0.717) is 6.04 Å². The molecule has 1 aliphatic rings. The topological polar surface area (TPSA) is 49.0 Å². The second-order valence-corrected chi connectivity index (χ2v) is 5.59. The van der Waals surface area contributed by atoms with Crippen molar-refractivity contribution in [3.8, 4) is 0 Å². The first kappa shape index (κ1) is 13.3. The summed E-state index contributed by atoms with van der Waals surface area (Å²) in [6.07, 6.45) is 3.05. The summed E-state index contributed by atoms with van der Waals surface area (Å²) >= 11 is 0. The molecule has 18 heavy (non-hydrogen) atoms. The first-order chi connectivity index (χ1) is 8.58. The van der Waals surface area contributed by atoms with Gasteiger partial charge in [0.1, 0.15) is 5.82 Å². The second-order valence-electron chi connectivity index (χ2n) is 5.59. The summed E-state index contributed by atoms with van der Waals surface area (Å²) in [5.74, 6) is 0.959. The van der Waals surface area contributed by atoms with Crippen molar-refractivity contribution in [2.45, 2.75) is 38.8 Å². The highest BCUT2D eigenvalue weighted by molar-refractivity contribution is 5.36. The highest BCUT2D eigenvalue weighted by Gasteiger charge is 2.33. The normalized spacial score (nSPS) is 22.1. The molecular weight excluding hydrogens is 224 g/mol. The number of aromatic nitrogens is 1. The summed E-state index contributed by atoms with van der Waals surface area (Å²) in [4.78, 5) is 4.29. The van der Waals surface area contributed by atoms with Crippen LogP contribution in [0.1, 0.15) is 25.8 Å². The predicted octanol–water partition coefficient (Wildman–Crippen LogP) is 1.53. The van der Waals surface area contributed by atoms with Crippen LogP contribution < -0.4 is 16.0 Å². The van der Waals surface area contributed by atoms with E-state index in [1.165, 1.54) is 12.0 Å². The number of aryl methyl sites for hydroxylation is 1. The molecule has 1 aromatic heterocycles. The van der Waals surface area contributed by atoms with Gasteiger partial charge in [-0.2, -0.15) is 0 Å². The Hall–Kier alpha value is -1.13. The van der Waals surface area contributed by atoms with Gasteiger partial charge in [0, 0.05) is 30.9 Å². The number of rotatable bonds is 5. The zero-order valence-corrected chi connectivity index (χ0v) is 11.6. The van der Waals surface area contributed by atoms with Crippen LogP contribution in [-0.4, -0.2) is 36.2 Å². The van der Waals surface area contributed by atoms with E-state index in [1.54, 1.807) is 0 Å². The molecule has 2 rings (SSSR count). The largest absolute Gasteiger partial charge is 0.369 e. The molecule has 1 fully saturated rings. The maximum Gasteiger partial charge on any atom is 0.126 e. The maximum atomic E-state index is 4.29. The molecule has 0 aliphatic carbocycles. The van der Waals surface area contributed by atoms with Crippen molar-refractivity contribution < 1.29 is 0 Å². The molecule has 0 aromatic carbocycles. The zero-order chi connectivity index (χ0) is 13.0. The van der Waals surface area contributed by atoms with Crippen LogP contribution in [0.4, 0.5) is 5.82 Å². The van der Waals surface area contributed by atoms with E-state index in [-0.39, 0.29) is 5.54 Å². The molecule has 100 valence electrons. The van der Waals surface area contributed by atoms with Crippen molar-refractivity contribution in [3.63, 3.8) is 0 Å². The van der Waals surface area contributed by atoms with Gasteiger partial charge in [0.05, 0.1) is 0 Å². The number of hydrogen-bond acceptors (Lipinski definition) is 4. The fraction of sp³-hybridized carbons (Fsp3) is 0.643. The Kier molecular flexibility index (Phi) is 4.19. The lowest BCUT2D eigenvalue weighted by Gasteiger charge is -2.28. The number of pyridine rings is 1. The Balaban J connectivity index is 1.70. The second kappa shape index (κ2) is 5.67. The summed E-state index contributed by atoms with van der Waals surface area (Å²) in [7, 11) is 0. The van der Waals surface area contributed by atoms with Gasteiger partial charge in [-0.25, -0.2) is 4.98 Å². The molecule has 4 nitrogen and oxygen atoms in total. The lowest BCUT2D eigenvalue weighted by atomic mass is 9.97. The van der Waals surface area contributed by atoms with Crippen molar-refractivity contribution in [1.82, 2.24) is 15.6 Å². The van der Waals surface area contributed by atoms with Gasteiger partial charge in [0.15, 0.2) is 0 Å².